The minimum atomic E-state index is -6.16. The molecule has 3 aliphatic rings. The van der Waals surface area contributed by atoms with Crippen LogP contribution in [0.25, 0.3) is 5.57 Å². The summed E-state index contributed by atoms with van der Waals surface area (Å²) in [7, 11) is -14.8. The number of rotatable bonds is 24. The second kappa shape index (κ2) is 27.6. The molecular weight excluding hydrogens is 1140 g/mol. The highest BCUT2D eigenvalue weighted by atomic mass is 35.5. The number of amides is 1. The number of benzene rings is 4. The summed E-state index contributed by atoms with van der Waals surface area (Å²) in [6, 6.07) is 25.3. The van der Waals surface area contributed by atoms with Gasteiger partial charge < -0.3 is 29.1 Å². The highest BCUT2D eigenvalue weighted by Crippen LogP contribution is 2.49. The van der Waals surface area contributed by atoms with E-state index in [0.29, 0.717) is 63.3 Å². The number of piperazine rings is 2. The molecule has 0 saturated carbocycles. The fourth-order valence-corrected chi connectivity index (χ4v) is 14.5. The predicted molar refractivity (Wildman–Crippen MR) is 305 cm³/mol. The third-order valence-corrected chi connectivity index (χ3v) is 20.2. The first-order valence-corrected chi connectivity index (χ1v) is 32.6. The molecule has 2 atom stereocenters. The molecule has 25 heteroatoms. The molecule has 2 heterocycles. The number of carbonyl (C=O) groups is 2. The number of anilines is 2. The Balaban J connectivity index is 0.989. The molecule has 0 radical (unpaired) electrons. The number of sulfonamides is 1. The molecule has 2 aliphatic heterocycles. The van der Waals surface area contributed by atoms with E-state index in [9.17, 15) is 44.2 Å². The van der Waals surface area contributed by atoms with Crippen molar-refractivity contribution in [1.82, 2.24) is 19.4 Å². The van der Waals surface area contributed by atoms with Gasteiger partial charge in [0, 0.05) is 98.4 Å². The van der Waals surface area contributed by atoms with Crippen molar-refractivity contribution >= 4 is 79.8 Å². The molecule has 1 amide bonds. The number of alkyl halides is 3. The fourth-order valence-electron chi connectivity index (χ4n) is 9.76. The number of carbonyl (C=O) groups excluding carboxylic acids is 2. The maximum Gasteiger partial charge on any atom is 0.510 e. The Morgan fingerprint density at radius 2 is 1.49 bits per heavy atom. The smallest absolute Gasteiger partial charge is 0.432 e. The Hall–Kier alpha value is -4.68. The van der Waals surface area contributed by atoms with E-state index in [0.717, 1.165) is 61.6 Å². The number of nitrogens with one attached hydrogen (secondary N) is 2. The average Bonchev–Trinajstić information content (AvgIpc) is 3.57. The van der Waals surface area contributed by atoms with Gasteiger partial charge in [0.25, 0.3) is 25.8 Å². The Morgan fingerprint density at radius 1 is 0.838 bits per heavy atom. The van der Waals surface area contributed by atoms with Crippen LogP contribution in [0.4, 0.5) is 29.3 Å². The lowest BCUT2D eigenvalue weighted by Gasteiger charge is -2.39. The number of ether oxygens (including phenoxy) is 2. The number of hydrogen-bond acceptors (Lipinski definition) is 17. The second-order valence-electron chi connectivity index (χ2n) is 21.0. The molecule has 80 heavy (non-hydrogen) atoms. The van der Waals surface area contributed by atoms with E-state index in [1.165, 1.54) is 40.6 Å². The van der Waals surface area contributed by atoms with Crippen LogP contribution in [0.1, 0.15) is 76.2 Å². The SMILES string of the molecule is CCOP(=O)(CN1CCN(CCC(CSc2ccccc2)Nc2ccc(S(=O)(=O)NC(=O)c3ccc(N4CCN(CC5=C(c6ccc(Cl)cc6)CCC(C)(C)C5)CC4)cc3)cc2S(=O)(=O)C(F)(F)F)CC1)OCOC(=O)OC(C)C. The van der Waals surface area contributed by atoms with Crippen molar-refractivity contribution in [2.45, 2.75) is 92.6 Å². The molecule has 17 nitrogen and oxygen atoms in total. The van der Waals surface area contributed by atoms with Crippen LogP contribution < -0.4 is 14.9 Å². The second-order valence-corrected chi connectivity index (χ2v) is 28.1. The molecule has 0 aromatic heterocycles. The average molecular weight is 1210 g/mol. The van der Waals surface area contributed by atoms with E-state index in [4.69, 9.17) is 30.1 Å². The molecule has 4 aromatic rings. The van der Waals surface area contributed by atoms with Crippen molar-refractivity contribution in [3.05, 3.63) is 119 Å². The number of hydrogen-bond donors (Lipinski definition) is 2. The van der Waals surface area contributed by atoms with E-state index >= 15 is 0 Å². The molecule has 1 aliphatic carbocycles. The monoisotopic (exact) mass is 1210 g/mol. The standard InChI is InChI=1S/C55H71ClF3N6O11PS3/c1-6-74-77(68,75-39-73-53(67)76-40(2)3)38-64-28-26-62(27-29-64)25-23-45(37-78-47-10-8-7-9-11-47)60-50-21-20-48(34-51(50)79(69,70)55(57,58)59)80(71,72)61-52(66)42-14-18-46(19-15-42)65-32-30-63(31-33-65)36-43-35-54(4,5)24-22-49(43)41-12-16-44(56)17-13-41/h7-21,34,40,45,60H,6,22-33,35-39H2,1-5H3,(H,61,66). The molecule has 7 rings (SSSR count). The maximum absolute atomic E-state index is 14.4. The molecule has 438 valence electrons. The number of halogens is 4. The van der Waals surface area contributed by atoms with Crippen LogP contribution in [0.2, 0.25) is 5.02 Å². The summed E-state index contributed by atoms with van der Waals surface area (Å²) >= 11 is 7.59. The number of sulfone groups is 1. The van der Waals surface area contributed by atoms with Gasteiger partial charge >= 0.3 is 19.3 Å². The lowest BCUT2D eigenvalue weighted by molar-refractivity contribution is -0.0436. The Morgan fingerprint density at radius 3 is 2.12 bits per heavy atom. The number of thioether (sulfide) groups is 1. The third kappa shape index (κ3) is 17.7. The van der Waals surface area contributed by atoms with Crippen molar-refractivity contribution in [3.63, 3.8) is 0 Å². The molecular formula is C55H71ClF3N6O11PS3. The van der Waals surface area contributed by atoms with Crippen LogP contribution in [-0.4, -0.2) is 152 Å². The van der Waals surface area contributed by atoms with E-state index in [2.05, 4.69) is 46.0 Å². The summed E-state index contributed by atoms with van der Waals surface area (Å²) in [4.78, 5) is 32.5. The predicted octanol–water partition coefficient (Wildman–Crippen LogP) is 10.8. The van der Waals surface area contributed by atoms with Gasteiger partial charge in [0.1, 0.15) is 11.2 Å². The van der Waals surface area contributed by atoms with Crippen LogP contribution in [0.5, 0.6) is 0 Å². The Labute approximate surface area is 477 Å². The quantitative estimate of drug-likeness (QED) is 0.0291. The van der Waals surface area contributed by atoms with Crippen molar-refractivity contribution < 1.29 is 62.7 Å². The third-order valence-electron chi connectivity index (χ3n) is 14.0. The number of allylic oxidation sites excluding steroid dienone is 1. The molecule has 0 spiro atoms. The van der Waals surface area contributed by atoms with Crippen LogP contribution >= 0.6 is 31.0 Å². The van der Waals surface area contributed by atoms with Crippen molar-refractivity contribution in [2.24, 2.45) is 5.41 Å². The van der Waals surface area contributed by atoms with Crippen molar-refractivity contribution in [2.75, 3.05) is 101 Å². The van der Waals surface area contributed by atoms with Crippen LogP contribution in [0.3, 0.4) is 0 Å². The first-order chi connectivity index (χ1) is 37.8. The molecule has 0 bridgehead atoms. The van der Waals surface area contributed by atoms with Gasteiger partial charge in [-0.05, 0) is 130 Å². The minimum Gasteiger partial charge on any atom is -0.432 e. The van der Waals surface area contributed by atoms with Crippen LogP contribution in [-0.2, 0) is 42.9 Å². The fraction of sp³-hybridized carbons (Fsp3) is 0.491. The molecule has 2 N–H and O–H groups in total. The summed E-state index contributed by atoms with van der Waals surface area (Å²) < 4.78 is 134. The van der Waals surface area contributed by atoms with E-state index in [1.807, 2.05) is 52.1 Å². The van der Waals surface area contributed by atoms with Gasteiger partial charge in [-0.15, -0.1) is 11.8 Å². The molecule has 2 unspecified atom stereocenters. The Bertz CT molecular complexity index is 3050. The van der Waals surface area contributed by atoms with E-state index in [-0.39, 0.29) is 29.6 Å². The van der Waals surface area contributed by atoms with Crippen molar-refractivity contribution in [1.29, 1.82) is 0 Å². The lowest BCUT2D eigenvalue weighted by Crippen LogP contribution is -2.47. The van der Waals surface area contributed by atoms with Gasteiger partial charge in [-0.3, -0.25) is 23.7 Å². The van der Waals surface area contributed by atoms with Gasteiger partial charge in [0.05, 0.1) is 23.3 Å². The lowest BCUT2D eigenvalue weighted by atomic mass is 9.73. The first-order valence-electron chi connectivity index (χ1n) is 26.5. The topological polar surface area (TPSA) is 193 Å². The highest BCUT2D eigenvalue weighted by Gasteiger charge is 2.48. The van der Waals surface area contributed by atoms with Crippen LogP contribution in [0.15, 0.2) is 117 Å². The zero-order valence-corrected chi connectivity index (χ0v) is 49.7. The maximum atomic E-state index is 14.4. The van der Waals surface area contributed by atoms with Gasteiger partial charge in [-0.1, -0.05) is 61.4 Å². The zero-order valence-electron chi connectivity index (χ0n) is 45.6. The summed E-state index contributed by atoms with van der Waals surface area (Å²) in [5.74, 6) is -0.791. The molecule has 2 fully saturated rings. The Kier molecular flexibility index (Phi) is 21.7. The van der Waals surface area contributed by atoms with E-state index in [1.54, 1.807) is 32.9 Å². The highest BCUT2D eigenvalue weighted by molar-refractivity contribution is 7.99. The van der Waals surface area contributed by atoms with Crippen molar-refractivity contribution in [3.8, 4) is 0 Å². The van der Waals surface area contributed by atoms with Gasteiger partial charge in [-0.25, -0.2) is 26.4 Å². The van der Waals surface area contributed by atoms with Gasteiger partial charge in [-0.2, -0.15) is 13.2 Å². The minimum absolute atomic E-state index is 0.0358. The summed E-state index contributed by atoms with van der Waals surface area (Å²) in [6.45, 7) is 15.1. The van der Waals surface area contributed by atoms with Crippen LogP contribution in [0, 0.1) is 5.41 Å². The first kappa shape index (κ1) is 62.9. The van der Waals surface area contributed by atoms with Gasteiger partial charge in [0.15, 0.2) is 0 Å². The molecule has 2 saturated heterocycles. The van der Waals surface area contributed by atoms with E-state index < -0.39 is 79.4 Å². The largest absolute Gasteiger partial charge is 0.510 e. The normalized spacial score (nSPS) is 18.1. The number of nitrogens with zero attached hydrogens (tertiary/aromatic N) is 4. The van der Waals surface area contributed by atoms with Gasteiger partial charge in [0.2, 0.25) is 6.79 Å². The summed E-state index contributed by atoms with van der Waals surface area (Å²) in [6.07, 6.45) is 1.92. The molecule has 4 aromatic carbocycles. The zero-order chi connectivity index (χ0) is 57.9. The summed E-state index contributed by atoms with van der Waals surface area (Å²) in [5.41, 5.74) is -1.29. The summed E-state index contributed by atoms with van der Waals surface area (Å²) in [5, 5.41) is 3.69.